The van der Waals surface area contributed by atoms with Crippen LogP contribution in [-0.4, -0.2) is 46.4 Å². The van der Waals surface area contributed by atoms with Gasteiger partial charge in [0.05, 0.1) is 12.8 Å². The Morgan fingerprint density at radius 3 is 2.38 bits per heavy atom. The van der Waals surface area contributed by atoms with E-state index in [1.54, 1.807) is 36.3 Å². The molecule has 1 atom stereocenters. The second kappa shape index (κ2) is 11.1. The first-order chi connectivity index (χ1) is 16.0. The van der Waals surface area contributed by atoms with Crippen LogP contribution in [-0.2, 0) is 9.59 Å². The molecule has 2 aromatic carbocycles. The van der Waals surface area contributed by atoms with Crippen molar-refractivity contribution in [2.45, 2.75) is 31.1 Å². The van der Waals surface area contributed by atoms with Gasteiger partial charge < -0.3 is 14.8 Å². The average molecular weight is 512 g/mol. The van der Waals surface area contributed by atoms with E-state index in [0.717, 1.165) is 0 Å². The molecule has 2 amide bonds. The summed E-state index contributed by atoms with van der Waals surface area (Å²) in [4.78, 5) is 32.0. The monoisotopic (exact) mass is 511 g/mol. The van der Waals surface area contributed by atoms with Gasteiger partial charge in [-0.1, -0.05) is 25.6 Å². The van der Waals surface area contributed by atoms with Gasteiger partial charge in [-0.15, -0.1) is 8.78 Å². The lowest BCUT2D eigenvalue weighted by Gasteiger charge is -2.32. The van der Waals surface area contributed by atoms with Crippen LogP contribution in [0.3, 0.4) is 0 Å². The van der Waals surface area contributed by atoms with E-state index < -0.39 is 16.7 Å². The summed E-state index contributed by atoms with van der Waals surface area (Å²) in [6, 6.07) is 12.4. The Kier molecular flexibility index (Phi) is 8.37. The van der Waals surface area contributed by atoms with Crippen molar-refractivity contribution in [3.05, 3.63) is 48.5 Å². The normalized spacial score (nSPS) is 17.7. The van der Waals surface area contributed by atoms with Gasteiger partial charge in [0, 0.05) is 30.3 Å². The highest BCUT2D eigenvalue weighted by Crippen LogP contribution is 2.31. The Balaban J connectivity index is 1.76. The van der Waals surface area contributed by atoms with Crippen molar-refractivity contribution in [2.24, 2.45) is 10.9 Å². The third-order valence-electron chi connectivity index (χ3n) is 4.63. The summed E-state index contributed by atoms with van der Waals surface area (Å²) < 4.78 is 34.9. The molecule has 1 aliphatic heterocycles. The van der Waals surface area contributed by atoms with Crippen molar-refractivity contribution in [2.75, 3.05) is 19.0 Å². The van der Waals surface area contributed by atoms with Gasteiger partial charge in [0.25, 0.3) is 0 Å². The summed E-state index contributed by atoms with van der Waals surface area (Å²) in [6.07, 6.45) is 0.00448. The van der Waals surface area contributed by atoms with Crippen molar-refractivity contribution in [1.82, 2.24) is 4.90 Å². The minimum atomic E-state index is -3.83. The number of alkyl halides is 3. The maximum absolute atomic E-state index is 12.9. The number of ether oxygens (including phenoxy) is 2. The highest BCUT2D eigenvalue weighted by Gasteiger charge is 2.36. The Bertz CT molecular complexity index is 1040. The molecule has 1 aliphatic rings. The van der Waals surface area contributed by atoms with Gasteiger partial charge in [-0.3, -0.25) is 14.5 Å². The predicted octanol–water partition coefficient (Wildman–Crippen LogP) is 5.48. The van der Waals surface area contributed by atoms with E-state index in [-0.39, 0.29) is 24.0 Å². The molecular weight excluding hydrogens is 488 g/mol. The molecular formula is C23H24ClF2N3O4S. The summed E-state index contributed by atoms with van der Waals surface area (Å²) in [7, 11) is 1.57. The van der Waals surface area contributed by atoms with Crippen molar-refractivity contribution in [1.29, 1.82) is 0 Å². The fraction of sp³-hybridized carbons (Fsp3) is 0.348. The minimum Gasteiger partial charge on any atom is -0.497 e. The smallest absolute Gasteiger partial charge is 0.487 e. The average Bonchev–Trinajstić information content (AvgIpc) is 2.76. The maximum Gasteiger partial charge on any atom is 0.487 e. The second-order valence-electron chi connectivity index (χ2n) is 7.86. The Morgan fingerprint density at radius 1 is 1.21 bits per heavy atom. The first kappa shape index (κ1) is 25.8. The Labute approximate surface area is 205 Å². The third-order valence-corrected chi connectivity index (χ3v) is 5.90. The predicted molar refractivity (Wildman–Crippen MR) is 129 cm³/mol. The highest BCUT2D eigenvalue weighted by atomic mass is 35.5. The molecule has 0 bridgehead atoms. The minimum absolute atomic E-state index is 0.00448. The summed E-state index contributed by atoms with van der Waals surface area (Å²) in [5, 5.41) is 2.42. The highest BCUT2D eigenvalue weighted by molar-refractivity contribution is 8.15. The molecule has 11 heteroatoms. The third kappa shape index (κ3) is 7.33. The van der Waals surface area contributed by atoms with Gasteiger partial charge in [0.15, 0.2) is 5.17 Å². The number of hydrogen-bond acceptors (Lipinski definition) is 6. The van der Waals surface area contributed by atoms with Crippen molar-refractivity contribution in [3.63, 3.8) is 0 Å². The fourth-order valence-electron chi connectivity index (χ4n) is 3.12. The van der Waals surface area contributed by atoms with E-state index in [4.69, 9.17) is 16.3 Å². The number of methoxy groups -OCH3 is 1. The lowest BCUT2D eigenvalue weighted by atomic mass is 10.2. The molecule has 0 aromatic heterocycles. The lowest BCUT2D eigenvalue weighted by molar-refractivity contribution is -0.129. The van der Waals surface area contributed by atoms with Crippen LogP contribution < -0.4 is 14.8 Å². The number of halogens is 3. The van der Waals surface area contributed by atoms with E-state index in [9.17, 15) is 18.4 Å². The standard InChI is InChI=1S/C23H24ClF2N3O4S/c1-14(2)13-29-20(30)12-19(34-22(29)28-16-4-8-17(32-3)9-5-16)21(31)27-15-6-10-18(11-7-15)33-23(24,25)26/h4-11,14,19H,12-13H2,1-3H3,(H,27,31)/t19-/m0/s1. The number of amides is 2. The van der Waals surface area contributed by atoms with Crippen LogP contribution in [0.1, 0.15) is 20.3 Å². The molecule has 0 aliphatic carbocycles. The van der Waals surface area contributed by atoms with Crippen LogP contribution >= 0.6 is 23.4 Å². The maximum atomic E-state index is 12.9. The largest absolute Gasteiger partial charge is 0.497 e. The van der Waals surface area contributed by atoms with Crippen LogP contribution in [0.2, 0.25) is 0 Å². The summed E-state index contributed by atoms with van der Waals surface area (Å²) >= 11 is 5.95. The molecule has 0 radical (unpaired) electrons. The van der Waals surface area contributed by atoms with Crippen LogP contribution in [0.15, 0.2) is 53.5 Å². The molecule has 1 heterocycles. The fourth-order valence-corrected chi connectivity index (χ4v) is 4.31. The van der Waals surface area contributed by atoms with Gasteiger partial charge in [-0.05, 0) is 54.4 Å². The summed E-state index contributed by atoms with van der Waals surface area (Å²) in [6.45, 7) is 4.46. The number of thioether (sulfide) groups is 1. The van der Waals surface area contributed by atoms with E-state index in [0.29, 0.717) is 28.8 Å². The number of carbonyl (C=O) groups is 2. The number of hydrogen-bond donors (Lipinski definition) is 1. The van der Waals surface area contributed by atoms with Crippen LogP contribution in [0.5, 0.6) is 11.5 Å². The quantitative estimate of drug-likeness (QED) is 0.475. The van der Waals surface area contributed by atoms with Crippen molar-refractivity contribution >= 4 is 51.7 Å². The first-order valence-electron chi connectivity index (χ1n) is 10.4. The number of nitrogens with zero attached hydrogens (tertiary/aromatic N) is 2. The molecule has 1 N–H and O–H groups in total. The van der Waals surface area contributed by atoms with Gasteiger partial charge in [-0.2, -0.15) is 0 Å². The number of nitrogens with one attached hydrogen (secondary N) is 1. The summed E-state index contributed by atoms with van der Waals surface area (Å²) in [5.41, 5.74) is -2.84. The molecule has 1 saturated heterocycles. The van der Waals surface area contributed by atoms with Crippen molar-refractivity contribution < 1.29 is 27.8 Å². The van der Waals surface area contributed by atoms with Crippen LogP contribution in [0.25, 0.3) is 0 Å². The molecule has 2 aromatic rings. The number of benzene rings is 2. The van der Waals surface area contributed by atoms with E-state index in [1.807, 2.05) is 13.8 Å². The molecule has 3 rings (SSSR count). The molecule has 0 spiro atoms. The molecule has 182 valence electrons. The number of carbonyl (C=O) groups excluding carboxylic acids is 2. The zero-order valence-electron chi connectivity index (χ0n) is 18.8. The van der Waals surface area contributed by atoms with E-state index in [2.05, 4.69) is 15.0 Å². The molecule has 0 saturated carbocycles. The first-order valence-corrected chi connectivity index (χ1v) is 11.7. The van der Waals surface area contributed by atoms with Gasteiger partial charge in [0.1, 0.15) is 16.7 Å². The van der Waals surface area contributed by atoms with Crippen LogP contribution in [0.4, 0.5) is 20.2 Å². The van der Waals surface area contributed by atoms with Gasteiger partial charge in [0.2, 0.25) is 11.8 Å². The zero-order chi connectivity index (χ0) is 24.9. The SMILES string of the molecule is COc1ccc(N=C2S[C@H](C(=O)Nc3ccc(OC(F)(F)Cl)cc3)CC(=O)N2CC(C)C)cc1. The molecule has 0 unspecified atom stereocenters. The number of aliphatic imine (C=N–C) groups is 1. The lowest BCUT2D eigenvalue weighted by Crippen LogP contribution is -2.46. The Hall–Kier alpha value is -2.85. The molecule has 34 heavy (non-hydrogen) atoms. The van der Waals surface area contributed by atoms with E-state index >= 15 is 0 Å². The summed E-state index contributed by atoms with van der Waals surface area (Å²) in [5.74, 6) is 0.128. The Morgan fingerprint density at radius 2 is 1.82 bits per heavy atom. The zero-order valence-corrected chi connectivity index (χ0v) is 20.3. The topological polar surface area (TPSA) is 80.2 Å². The van der Waals surface area contributed by atoms with Gasteiger partial charge in [-0.25, -0.2) is 4.99 Å². The second-order valence-corrected chi connectivity index (χ2v) is 9.47. The molecule has 7 nitrogen and oxygen atoms in total. The van der Waals surface area contributed by atoms with E-state index in [1.165, 1.54) is 36.0 Å². The number of anilines is 1. The number of rotatable bonds is 8. The van der Waals surface area contributed by atoms with Crippen LogP contribution in [0, 0.1) is 5.92 Å². The van der Waals surface area contributed by atoms with Gasteiger partial charge >= 0.3 is 5.57 Å². The van der Waals surface area contributed by atoms with Crippen molar-refractivity contribution in [3.8, 4) is 11.5 Å². The number of amidine groups is 1. The molecule has 1 fully saturated rings.